The maximum atomic E-state index is 12.3. The zero-order valence-corrected chi connectivity index (χ0v) is 18.9. The summed E-state index contributed by atoms with van der Waals surface area (Å²) in [4.78, 5) is 21.9. The highest BCUT2D eigenvalue weighted by Crippen LogP contribution is 2.22. The molecule has 1 aromatic heterocycles. The van der Waals surface area contributed by atoms with E-state index in [1.165, 1.54) is 0 Å². The monoisotopic (exact) mass is 441 g/mol. The van der Waals surface area contributed by atoms with Gasteiger partial charge in [-0.25, -0.2) is 4.98 Å². The van der Waals surface area contributed by atoms with Gasteiger partial charge in [-0.05, 0) is 55.9 Å². The first-order valence-electron chi connectivity index (χ1n) is 10.4. The molecule has 2 heterocycles. The molecule has 0 radical (unpaired) electrons. The van der Waals surface area contributed by atoms with Gasteiger partial charge in [-0.1, -0.05) is 11.6 Å². The number of hydrogen-bond acceptors (Lipinski definition) is 5. The molecule has 7 nitrogen and oxygen atoms in total. The molecule has 164 valence electrons. The number of likely N-dealkylation sites (N-methyl/N-ethyl adjacent to an activating group) is 1. The Balaban J connectivity index is 1.39. The van der Waals surface area contributed by atoms with Crippen LogP contribution in [-0.2, 0) is 18.4 Å². The minimum Gasteiger partial charge on any atom is -0.484 e. The minimum atomic E-state index is -0.222. The van der Waals surface area contributed by atoms with Crippen molar-refractivity contribution in [2.45, 2.75) is 13.5 Å². The highest BCUT2D eigenvalue weighted by molar-refractivity contribution is 6.31. The summed E-state index contributed by atoms with van der Waals surface area (Å²) in [7, 11) is 4.20. The molecule has 1 fully saturated rings. The number of amides is 1. The summed E-state index contributed by atoms with van der Waals surface area (Å²) in [6.45, 7) is 6.91. The molecule has 1 saturated heterocycles. The molecular weight excluding hydrogens is 414 g/mol. The van der Waals surface area contributed by atoms with E-state index in [2.05, 4.69) is 26.7 Å². The van der Waals surface area contributed by atoms with Gasteiger partial charge in [0.05, 0.1) is 17.6 Å². The molecule has 0 atom stereocenters. The zero-order chi connectivity index (χ0) is 22.0. The Morgan fingerprint density at radius 3 is 2.65 bits per heavy atom. The molecular formula is C23H28ClN5O2. The van der Waals surface area contributed by atoms with E-state index in [1.807, 2.05) is 38.2 Å². The van der Waals surface area contributed by atoms with Crippen LogP contribution in [-0.4, -0.2) is 65.1 Å². The number of carbonyl (C=O) groups is 1. The molecule has 0 unspecified atom stereocenters. The molecule has 0 spiro atoms. The number of halogens is 1. The largest absolute Gasteiger partial charge is 0.484 e. The molecule has 0 aliphatic carbocycles. The van der Waals surface area contributed by atoms with Crippen molar-refractivity contribution >= 4 is 34.2 Å². The predicted molar refractivity (Wildman–Crippen MR) is 124 cm³/mol. The van der Waals surface area contributed by atoms with Gasteiger partial charge in [0.2, 0.25) is 0 Å². The Bertz CT molecular complexity index is 1090. The van der Waals surface area contributed by atoms with E-state index in [9.17, 15) is 4.79 Å². The first-order chi connectivity index (χ1) is 14.9. The smallest absolute Gasteiger partial charge is 0.262 e. The Morgan fingerprint density at radius 1 is 1.13 bits per heavy atom. The summed E-state index contributed by atoms with van der Waals surface area (Å²) in [6, 6.07) is 11.1. The lowest BCUT2D eigenvalue weighted by Crippen LogP contribution is -2.44. The third-order valence-electron chi connectivity index (χ3n) is 5.72. The summed E-state index contributed by atoms with van der Waals surface area (Å²) in [5.74, 6) is 1.43. The van der Waals surface area contributed by atoms with Gasteiger partial charge in [-0.2, -0.15) is 0 Å². The van der Waals surface area contributed by atoms with Gasteiger partial charge in [-0.15, -0.1) is 0 Å². The van der Waals surface area contributed by atoms with Crippen molar-refractivity contribution in [3.05, 3.63) is 52.8 Å². The second-order valence-electron chi connectivity index (χ2n) is 8.12. The number of ether oxygens (including phenoxy) is 1. The Hall–Kier alpha value is -2.61. The highest BCUT2D eigenvalue weighted by atomic mass is 35.5. The predicted octanol–water partition coefficient (Wildman–Crippen LogP) is 3.30. The van der Waals surface area contributed by atoms with Crippen LogP contribution in [0.3, 0.4) is 0 Å². The van der Waals surface area contributed by atoms with Crippen LogP contribution in [0.15, 0.2) is 36.4 Å². The minimum absolute atomic E-state index is 0.0734. The van der Waals surface area contributed by atoms with Gasteiger partial charge in [-0.3, -0.25) is 9.69 Å². The van der Waals surface area contributed by atoms with Crippen LogP contribution in [0.4, 0.5) is 5.69 Å². The standard InChI is InChI=1S/C23H28ClN5O2/c1-16-12-18(5-6-19(16)24)31-15-23(30)25-17-4-7-21-20(13-17)26-22(28(21)3)14-29-10-8-27(2)9-11-29/h4-7,12-13H,8-11,14-15H2,1-3H3,(H,25,30). The molecule has 1 aliphatic rings. The average Bonchev–Trinajstić information content (AvgIpc) is 3.05. The fourth-order valence-corrected chi connectivity index (χ4v) is 3.85. The maximum Gasteiger partial charge on any atom is 0.262 e. The number of fused-ring (bicyclic) bond motifs is 1. The van der Waals surface area contributed by atoms with Crippen LogP contribution in [0.2, 0.25) is 5.02 Å². The number of rotatable bonds is 6. The number of nitrogens with one attached hydrogen (secondary N) is 1. The third kappa shape index (κ3) is 5.18. The normalized spacial score (nSPS) is 15.4. The van der Waals surface area contributed by atoms with Gasteiger partial charge in [0.1, 0.15) is 11.6 Å². The van der Waals surface area contributed by atoms with E-state index in [1.54, 1.807) is 12.1 Å². The number of benzene rings is 2. The molecule has 4 rings (SSSR count). The van der Waals surface area contributed by atoms with Crippen molar-refractivity contribution in [1.82, 2.24) is 19.4 Å². The molecule has 2 aromatic carbocycles. The molecule has 8 heteroatoms. The van der Waals surface area contributed by atoms with Crippen LogP contribution < -0.4 is 10.1 Å². The number of anilines is 1. The zero-order valence-electron chi connectivity index (χ0n) is 18.2. The SMILES string of the molecule is Cc1cc(OCC(=O)Nc2ccc3c(c2)nc(CN2CCN(C)CC2)n3C)ccc1Cl. The topological polar surface area (TPSA) is 62.6 Å². The van der Waals surface area contributed by atoms with Crippen molar-refractivity contribution in [2.75, 3.05) is 45.2 Å². The Morgan fingerprint density at radius 2 is 1.90 bits per heavy atom. The average molecular weight is 442 g/mol. The fraction of sp³-hybridized carbons (Fsp3) is 0.391. The lowest BCUT2D eigenvalue weighted by molar-refractivity contribution is -0.118. The first-order valence-corrected chi connectivity index (χ1v) is 10.8. The van der Waals surface area contributed by atoms with Crippen LogP contribution >= 0.6 is 11.6 Å². The molecule has 0 saturated carbocycles. The van der Waals surface area contributed by atoms with Crippen molar-refractivity contribution in [1.29, 1.82) is 0 Å². The number of hydrogen-bond donors (Lipinski definition) is 1. The van der Waals surface area contributed by atoms with Gasteiger partial charge in [0.25, 0.3) is 5.91 Å². The number of piperazine rings is 1. The van der Waals surface area contributed by atoms with Gasteiger partial charge < -0.3 is 19.5 Å². The molecule has 0 bridgehead atoms. The van der Waals surface area contributed by atoms with E-state index in [4.69, 9.17) is 21.3 Å². The summed E-state index contributed by atoms with van der Waals surface area (Å²) in [5.41, 5.74) is 3.54. The second kappa shape index (κ2) is 9.26. The molecule has 1 N–H and O–H groups in total. The summed E-state index contributed by atoms with van der Waals surface area (Å²) >= 11 is 6.02. The van der Waals surface area contributed by atoms with Gasteiger partial charge in [0.15, 0.2) is 6.61 Å². The summed E-state index contributed by atoms with van der Waals surface area (Å²) in [6.07, 6.45) is 0. The maximum absolute atomic E-state index is 12.3. The number of aromatic nitrogens is 2. The lowest BCUT2D eigenvalue weighted by Gasteiger charge is -2.31. The fourth-order valence-electron chi connectivity index (χ4n) is 3.73. The third-order valence-corrected chi connectivity index (χ3v) is 6.14. The Labute approximate surface area is 187 Å². The lowest BCUT2D eigenvalue weighted by atomic mass is 10.2. The number of carbonyl (C=O) groups excluding carboxylic acids is 1. The molecule has 1 aliphatic heterocycles. The van der Waals surface area contributed by atoms with Gasteiger partial charge >= 0.3 is 0 Å². The van der Waals surface area contributed by atoms with Crippen molar-refractivity contribution < 1.29 is 9.53 Å². The van der Waals surface area contributed by atoms with Crippen LogP contribution in [0.1, 0.15) is 11.4 Å². The quantitative estimate of drug-likeness (QED) is 0.636. The van der Waals surface area contributed by atoms with Crippen LogP contribution in [0, 0.1) is 6.92 Å². The summed E-state index contributed by atoms with van der Waals surface area (Å²) < 4.78 is 7.71. The number of imidazole rings is 1. The van der Waals surface area contributed by atoms with E-state index in [0.717, 1.165) is 55.1 Å². The van der Waals surface area contributed by atoms with Crippen LogP contribution in [0.25, 0.3) is 11.0 Å². The highest BCUT2D eigenvalue weighted by Gasteiger charge is 2.17. The van der Waals surface area contributed by atoms with Crippen molar-refractivity contribution in [2.24, 2.45) is 7.05 Å². The first kappa shape index (κ1) is 21.6. The van der Waals surface area contributed by atoms with Crippen LogP contribution in [0.5, 0.6) is 5.75 Å². The number of nitrogens with zero attached hydrogens (tertiary/aromatic N) is 4. The molecule has 31 heavy (non-hydrogen) atoms. The van der Waals surface area contributed by atoms with E-state index >= 15 is 0 Å². The molecule has 1 amide bonds. The van der Waals surface area contributed by atoms with Crippen molar-refractivity contribution in [3.8, 4) is 5.75 Å². The Kier molecular flexibility index (Phi) is 6.46. The number of aryl methyl sites for hydroxylation is 2. The van der Waals surface area contributed by atoms with Gasteiger partial charge in [0, 0.05) is 43.9 Å². The van der Waals surface area contributed by atoms with E-state index in [-0.39, 0.29) is 12.5 Å². The van der Waals surface area contributed by atoms with E-state index < -0.39 is 0 Å². The summed E-state index contributed by atoms with van der Waals surface area (Å²) in [5, 5.41) is 3.56. The van der Waals surface area contributed by atoms with Crippen molar-refractivity contribution in [3.63, 3.8) is 0 Å². The van der Waals surface area contributed by atoms with E-state index in [0.29, 0.717) is 16.5 Å². The molecule has 3 aromatic rings. The second-order valence-corrected chi connectivity index (χ2v) is 8.53.